The van der Waals surface area contributed by atoms with Crippen LogP contribution in [0.15, 0.2) is 47.1 Å². The number of carboxylic acid groups (broad SMARTS) is 1. The van der Waals surface area contributed by atoms with E-state index in [2.05, 4.69) is 5.32 Å². The Morgan fingerprint density at radius 3 is 2.95 bits per heavy atom. The molecule has 1 aliphatic heterocycles. The maximum absolute atomic E-state index is 10.9. The molecular formula is C14H11Cl2NO3. The minimum Gasteiger partial charge on any atom is -0.481 e. The summed E-state index contributed by atoms with van der Waals surface area (Å²) in [6.07, 6.45) is 3.25. The van der Waals surface area contributed by atoms with Gasteiger partial charge < -0.3 is 15.2 Å². The lowest BCUT2D eigenvalue weighted by Crippen LogP contribution is -2.21. The predicted molar refractivity (Wildman–Crippen MR) is 76.9 cm³/mol. The van der Waals surface area contributed by atoms with Crippen molar-refractivity contribution in [3.05, 3.63) is 52.7 Å². The Morgan fingerprint density at radius 1 is 1.45 bits per heavy atom. The Morgan fingerprint density at radius 2 is 2.20 bits per heavy atom. The van der Waals surface area contributed by atoms with Gasteiger partial charge >= 0.3 is 5.97 Å². The van der Waals surface area contributed by atoms with Gasteiger partial charge in [-0.25, -0.2) is 0 Å². The van der Waals surface area contributed by atoms with Crippen molar-refractivity contribution in [3.8, 4) is 0 Å². The van der Waals surface area contributed by atoms with Crippen LogP contribution in [0.25, 0.3) is 0 Å². The summed E-state index contributed by atoms with van der Waals surface area (Å²) in [5.41, 5.74) is 1.86. The number of rotatable bonds is 4. The van der Waals surface area contributed by atoms with Gasteiger partial charge in [-0.1, -0.05) is 41.4 Å². The van der Waals surface area contributed by atoms with Crippen molar-refractivity contribution < 1.29 is 14.6 Å². The minimum absolute atomic E-state index is 0.0799. The average molecular weight is 312 g/mol. The zero-order valence-electron chi connectivity index (χ0n) is 10.3. The molecule has 0 spiro atoms. The maximum atomic E-state index is 10.9. The number of allylic oxidation sites excluding steroid dienone is 2. The summed E-state index contributed by atoms with van der Waals surface area (Å²) in [5.74, 6) is -0.899. The van der Waals surface area contributed by atoms with Crippen molar-refractivity contribution in [1.82, 2.24) is 0 Å². The Bertz CT molecular complexity index is 641. The van der Waals surface area contributed by atoms with Crippen molar-refractivity contribution in [3.63, 3.8) is 0 Å². The highest BCUT2D eigenvalue weighted by molar-refractivity contribution is 6.35. The van der Waals surface area contributed by atoms with Crippen LogP contribution in [-0.2, 0) is 16.0 Å². The summed E-state index contributed by atoms with van der Waals surface area (Å²) in [7, 11) is 0. The number of alkyl halides is 1. The third-order valence-electron chi connectivity index (χ3n) is 3.22. The lowest BCUT2D eigenvalue weighted by Gasteiger charge is -2.18. The first-order valence-corrected chi connectivity index (χ1v) is 6.78. The van der Waals surface area contributed by atoms with Gasteiger partial charge in [0, 0.05) is 5.69 Å². The van der Waals surface area contributed by atoms with Crippen LogP contribution in [0.3, 0.4) is 0 Å². The third-order valence-corrected chi connectivity index (χ3v) is 4.03. The molecule has 2 unspecified atom stereocenters. The molecule has 3 rings (SSSR count). The van der Waals surface area contributed by atoms with Gasteiger partial charge in [-0.2, -0.15) is 0 Å². The molecule has 2 aliphatic rings. The van der Waals surface area contributed by atoms with E-state index in [0.29, 0.717) is 22.0 Å². The number of epoxide rings is 1. The molecule has 0 saturated carbocycles. The molecule has 0 aromatic heterocycles. The van der Waals surface area contributed by atoms with Gasteiger partial charge in [0.05, 0.1) is 17.2 Å². The van der Waals surface area contributed by atoms with E-state index < -0.39 is 11.0 Å². The summed E-state index contributed by atoms with van der Waals surface area (Å²) in [4.78, 5) is 10.9. The average Bonchev–Trinajstić information content (AvgIpc) is 3.07. The van der Waals surface area contributed by atoms with Crippen LogP contribution in [0.5, 0.6) is 0 Å². The number of hydrogen-bond donors (Lipinski definition) is 2. The fourth-order valence-corrected chi connectivity index (χ4v) is 2.80. The van der Waals surface area contributed by atoms with E-state index in [0.717, 1.165) is 0 Å². The van der Waals surface area contributed by atoms with Crippen LogP contribution < -0.4 is 5.32 Å². The lowest BCUT2D eigenvalue weighted by molar-refractivity contribution is -0.136. The van der Waals surface area contributed by atoms with E-state index in [1.54, 1.807) is 30.4 Å². The number of carbonyl (C=O) groups is 1. The summed E-state index contributed by atoms with van der Waals surface area (Å²) in [5, 5.41) is 11.5. The fraction of sp³-hybridized carbons (Fsp3) is 0.214. The Kier molecular flexibility index (Phi) is 3.24. The summed E-state index contributed by atoms with van der Waals surface area (Å²) >= 11 is 12.5. The monoisotopic (exact) mass is 311 g/mol. The summed E-state index contributed by atoms with van der Waals surface area (Å²) < 4.78 is 5.40. The molecule has 20 heavy (non-hydrogen) atoms. The number of benzene rings is 1. The quantitative estimate of drug-likeness (QED) is 0.662. The normalized spacial score (nSPS) is 27.2. The van der Waals surface area contributed by atoms with Gasteiger partial charge in [0.15, 0.2) is 0 Å². The minimum atomic E-state index is -0.956. The molecule has 2 N–H and O–H groups in total. The largest absolute Gasteiger partial charge is 0.481 e. The first-order valence-electron chi connectivity index (χ1n) is 6.02. The highest BCUT2D eigenvalue weighted by Gasteiger charge is 2.59. The number of carboxylic acids is 1. The van der Waals surface area contributed by atoms with Crippen molar-refractivity contribution in [1.29, 1.82) is 0 Å². The number of aliphatic carboxylic acids is 1. The molecule has 1 heterocycles. The van der Waals surface area contributed by atoms with Crippen LogP contribution >= 0.6 is 23.2 Å². The number of ether oxygens (including phenoxy) is 1. The number of anilines is 1. The van der Waals surface area contributed by atoms with Crippen molar-refractivity contribution in [2.24, 2.45) is 0 Å². The second kappa shape index (κ2) is 4.81. The first kappa shape index (κ1) is 13.5. The van der Waals surface area contributed by atoms with E-state index in [1.807, 2.05) is 6.07 Å². The Balaban J connectivity index is 1.92. The zero-order valence-corrected chi connectivity index (χ0v) is 11.8. The summed E-state index contributed by atoms with van der Waals surface area (Å²) in [6.45, 7) is 0. The van der Waals surface area contributed by atoms with Gasteiger partial charge in [0.1, 0.15) is 6.10 Å². The van der Waals surface area contributed by atoms with Crippen LogP contribution in [-0.4, -0.2) is 22.2 Å². The molecule has 6 heteroatoms. The SMILES string of the molecule is O=C(O)Cc1ccccc1NC1=C(Cl)C=CC2OC12Cl. The van der Waals surface area contributed by atoms with Gasteiger partial charge in [-0.05, 0) is 23.8 Å². The lowest BCUT2D eigenvalue weighted by atomic mass is 10.1. The van der Waals surface area contributed by atoms with Crippen molar-refractivity contribution >= 4 is 34.9 Å². The van der Waals surface area contributed by atoms with E-state index in [-0.39, 0.29) is 12.5 Å². The second-order valence-electron chi connectivity index (χ2n) is 4.62. The summed E-state index contributed by atoms with van der Waals surface area (Å²) in [6, 6.07) is 7.13. The molecular weight excluding hydrogens is 301 g/mol. The van der Waals surface area contributed by atoms with Gasteiger partial charge in [-0.15, -0.1) is 0 Å². The predicted octanol–water partition coefficient (Wildman–Crippen LogP) is 3.08. The highest BCUT2D eigenvalue weighted by atomic mass is 35.5. The Labute approximate surface area is 125 Å². The van der Waals surface area contributed by atoms with Crippen LogP contribution in [0.4, 0.5) is 5.69 Å². The fourth-order valence-electron chi connectivity index (χ4n) is 2.17. The van der Waals surface area contributed by atoms with Gasteiger partial charge in [0.2, 0.25) is 5.06 Å². The molecule has 1 aromatic rings. The molecule has 4 nitrogen and oxygen atoms in total. The molecule has 0 radical (unpaired) electrons. The number of halogens is 2. The standard InChI is InChI=1S/C14H11Cl2NO3/c15-9-5-6-11-14(16,20-11)13(9)17-10-4-2-1-3-8(10)7-12(18)19/h1-6,11,17H,7H2,(H,18,19). The molecule has 1 fully saturated rings. The smallest absolute Gasteiger partial charge is 0.307 e. The van der Waals surface area contributed by atoms with E-state index in [9.17, 15) is 4.79 Å². The van der Waals surface area contributed by atoms with Crippen LogP contribution in [0, 0.1) is 0 Å². The zero-order chi connectivity index (χ0) is 14.3. The number of hydrogen-bond acceptors (Lipinski definition) is 3. The van der Waals surface area contributed by atoms with Gasteiger partial charge in [0.25, 0.3) is 0 Å². The van der Waals surface area contributed by atoms with E-state index >= 15 is 0 Å². The Hall–Kier alpha value is -1.49. The first-order chi connectivity index (χ1) is 9.50. The van der Waals surface area contributed by atoms with E-state index in [1.165, 1.54) is 0 Å². The van der Waals surface area contributed by atoms with Crippen LogP contribution in [0.1, 0.15) is 5.56 Å². The molecule has 2 atom stereocenters. The molecule has 0 amide bonds. The number of para-hydroxylation sites is 1. The molecule has 104 valence electrons. The van der Waals surface area contributed by atoms with Crippen LogP contribution in [0.2, 0.25) is 0 Å². The van der Waals surface area contributed by atoms with Crippen molar-refractivity contribution in [2.75, 3.05) is 5.32 Å². The second-order valence-corrected chi connectivity index (χ2v) is 5.59. The molecule has 1 aromatic carbocycles. The van der Waals surface area contributed by atoms with E-state index in [4.69, 9.17) is 33.0 Å². The topological polar surface area (TPSA) is 61.9 Å². The van der Waals surface area contributed by atoms with Crippen molar-refractivity contribution in [2.45, 2.75) is 17.6 Å². The molecule has 1 saturated heterocycles. The maximum Gasteiger partial charge on any atom is 0.307 e. The highest BCUT2D eigenvalue weighted by Crippen LogP contribution is 2.52. The third kappa shape index (κ3) is 2.30. The van der Waals surface area contributed by atoms with Gasteiger partial charge in [-0.3, -0.25) is 4.79 Å². The number of nitrogens with one attached hydrogen (secondary N) is 1. The molecule has 0 bridgehead atoms. The number of fused-ring (bicyclic) bond motifs is 1. The molecule has 1 aliphatic carbocycles.